The van der Waals surface area contributed by atoms with Gasteiger partial charge in [-0.2, -0.15) is 0 Å². The molecule has 3 saturated carbocycles. The lowest BCUT2D eigenvalue weighted by atomic mass is 9.44. The zero-order chi connectivity index (χ0) is 32.8. The number of nitrogens with two attached hydrogens (primary N) is 1. The summed E-state index contributed by atoms with van der Waals surface area (Å²) in [6.07, 6.45) is -0.855. The first-order valence-corrected chi connectivity index (χ1v) is 15.8. The molecule has 0 bridgehead atoms. The molecule has 0 spiro atoms. The predicted octanol–water partition coefficient (Wildman–Crippen LogP) is 4.51. The third kappa shape index (κ3) is 4.03. The molecular weight excluding hydrogens is 596 g/mol. The van der Waals surface area contributed by atoms with Gasteiger partial charge in [-0.05, 0) is 79.5 Å². The van der Waals surface area contributed by atoms with E-state index < -0.39 is 76.8 Å². The van der Waals surface area contributed by atoms with Gasteiger partial charge in [-0.15, -0.1) is 0 Å². The Morgan fingerprint density at radius 3 is 2.52 bits per heavy atom. The largest absolute Gasteiger partial charge is 0.495 e. The maximum absolute atomic E-state index is 17.6. The zero-order valence-corrected chi connectivity index (χ0v) is 26.0. The summed E-state index contributed by atoms with van der Waals surface area (Å²) in [6.45, 7) is 2.47. The van der Waals surface area contributed by atoms with E-state index in [2.05, 4.69) is 0 Å². The molecule has 1 heterocycles. The van der Waals surface area contributed by atoms with Crippen molar-refractivity contribution in [1.82, 2.24) is 0 Å². The van der Waals surface area contributed by atoms with E-state index in [0.717, 1.165) is 17.2 Å². The zero-order valence-electron chi connectivity index (χ0n) is 26.0. The highest BCUT2D eigenvalue weighted by atomic mass is 19.1. The van der Waals surface area contributed by atoms with Crippen molar-refractivity contribution in [3.63, 3.8) is 0 Å². The van der Waals surface area contributed by atoms with Crippen molar-refractivity contribution < 1.29 is 42.8 Å². The number of carbonyl (C=O) groups excluding carboxylic acids is 2. The number of Topliss-reactive ketones (excluding diaryl/α,β-unsaturated/α-hetero) is 1. The van der Waals surface area contributed by atoms with Gasteiger partial charge in [-0.25, -0.2) is 8.78 Å². The van der Waals surface area contributed by atoms with Crippen LogP contribution in [0.4, 0.5) is 14.5 Å². The number of methoxy groups -OCH3 is 1. The average Bonchev–Trinajstić information content (AvgIpc) is 3.54. The molecule has 2 aromatic rings. The number of ketones is 2. The summed E-state index contributed by atoms with van der Waals surface area (Å²) >= 11 is 0. The van der Waals surface area contributed by atoms with Gasteiger partial charge in [0.2, 0.25) is 0 Å². The number of rotatable bonds is 6. The number of alkyl halides is 2. The summed E-state index contributed by atoms with van der Waals surface area (Å²) in [4.78, 5) is 25.9. The van der Waals surface area contributed by atoms with Crippen molar-refractivity contribution in [1.29, 1.82) is 0 Å². The molecule has 10 atom stereocenters. The number of aliphatic hydroxyl groups excluding tert-OH is 2. The number of anilines is 1. The second kappa shape index (κ2) is 10.5. The Hall–Kier alpha value is -3.44. The molecule has 4 N–H and O–H groups in total. The Labute approximate surface area is 266 Å². The summed E-state index contributed by atoms with van der Waals surface area (Å²) in [7, 11) is 1.57. The molecule has 0 amide bonds. The van der Waals surface area contributed by atoms with Crippen LogP contribution in [0, 0.1) is 22.7 Å². The van der Waals surface area contributed by atoms with Gasteiger partial charge in [-0.1, -0.05) is 43.3 Å². The molecule has 7 rings (SSSR count). The SMILES string of the molecule is COc1cc(Cc2ccc([C@H]3O[C@@H]4C[C@H]5[C@@H]6C[C@H](F)C7=CC(=O)C=C[C@]7(C)[C@@]6(F)[C@@H](O)C[C@]5(C)[C@]4(C(=O)CO)O3)cc2)ccc1N. The molecular formula is C36H39F2NO7. The van der Waals surface area contributed by atoms with E-state index in [9.17, 15) is 19.8 Å². The number of allylic oxidation sites excluding steroid dienone is 4. The van der Waals surface area contributed by atoms with Crippen molar-refractivity contribution in [3.05, 3.63) is 83.0 Å². The number of nitrogen functional groups attached to an aromatic ring is 1. The monoisotopic (exact) mass is 635 g/mol. The van der Waals surface area contributed by atoms with Crippen molar-refractivity contribution in [3.8, 4) is 5.75 Å². The van der Waals surface area contributed by atoms with Gasteiger partial charge in [0.05, 0.1) is 25.0 Å². The topological polar surface area (TPSA) is 128 Å². The highest BCUT2D eigenvalue weighted by Crippen LogP contribution is 2.72. The molecule has 1 saturated heterocycles. The summed E-state index contributed by atoms with van der Waals surface area (Å²) in [5.41, 5.74) is 2.52. The standard InChI is InChI=1S/C36H39F2NO7/c1-33-11-10-22(41)14-25(33)26(37)15-24-23-16-31-36(30(43)18-40,34(23,2)17-29(42)35(24,33)38)46-32(45-31)21-7-4-19(5-8-21)12-20-6-9-27(39)28(13-20)44-3/h4-11,13-14,23-24,26,29,31-32,40,42H,12,15-18,39H2,1-3H3/t23-,24-,26-,29-,31+,32-,33-,34-,35-,36+/m0/s1. The van der Waals surface area contributed by atoms with E-state index in [1.54, 1.807) is 20.1 Å². The van der Waals surface area contributed by atoms with Crippen molar-refractivity contribution in [2.75, 3.05) is 19.5 Å². The molecule has 0 aromatic heterocycles. The van der Waals surface area contributed by atoms with Crippen LogP contribution in [0.15, 0.2) is 66.3 Å². The van der Waals surface area contributed by atoms with Crippen molar-refractivity contribution in [2.45, 2.75) is 75.5 Å². The van der Waals surface area contributed by atoms with Gasteiger partial charge >= 0.3 is 0 Å². The molecule has 2 aromatic carbocycles. The summed E-state index contributed by atoms with van der Waals surface area (Å²) in [6, 6.07) is 13.2. The number of ether oxygens (including phenoxy) is 3. The third-order valence-electron chi connectivity index (χ3n) is 11.9. The molecule has 244 valence electrons. The first-order chi connectivity index (χ1) is 21.8. The van der Waals surface area contributed by atoms with Crippen molar-refractivity contribution in [2.24, 2.45) is 22.7 Å². The number of hydrogen-bond acceptors (Lipinski definition) is 8. The van der Waals surface area contributed by atoms with E-state index in [1.807, 2.05) is 36.4 Å². The molecule has 10 heteroatoms. The van der Waals surface area contributed by atoms with Gasteiger partial charge < -0.3 is 30.2 Å². The fourth-order valence-electron chi connectivity index (χ4n) is 9.61. The minimum atomic E-state index is -2.30. The lowest BCUT2D eigenvalue weighted by Gasteiger charge is -2.63. The van der Waals surface area contributed by atoms with Crippen LogP contribution >= 0.6 is 0 Å². The predicted molar refractivity (Wildman–Crippen MR) is 164 cm³/mol. The van der Waals surface area contributed by atoms with Gasteiger partial charge in [-0.3, -0.25) is 9.59 Å². The maximum atomic E-state index is 17.6. The highest BCUT2D eigenvalue weighted by Gasteiger charge is 2.80. The van der Waals surface area contributed by atoms with Gasteiger partial charge in [0.1, 0.15) is 18.5 Å². The van der Waals surface area contributed by atoms with Gasteiger partial charge in [0.15, 0.2) is 29.1 Å². The summed E-state index contributed by atoms with van der Waals surface area (Å²) < 4.78 is 51.7. The van der Waals surface area contributed by atoms with Crippen LogP contribution in [-0.2, 0) is 25.5 Å². The van der Waals surface area contributed by atoms with Crippen LogP contribution in [0.25, 0.3) is 0 Å². The van der Waals surface area contributed by atoms with E-state index in [1.165, 1.54) is 19.1 Å². The summed E-state index contributed by atoms with van der Waals surface area (Å²) in [5, 5.41) is 21.9. The number of halogens is 2. The molecule has 8 nitrogen and oxygen atoms in total. The van der Waals surface area contributed by atoms with Gasteiger partial charge in [0.25, 0.3) is 0 Å². The summed E-state index contributed by atoms with van der Waals surface area (Å²) in [5.74, 6) is -2.03. The Bertz CT molecular complexity index is 1660. The number of carbonyl (C=O) groups is 2. The van der Waals surface area contributed by atoms with E-state index in [0.29, 0.717) is 23.4 Å². The van der Waals surface area contributed by atoms with E-state index >= 15 is 8.78 Å². The Kier molecular flexibility index (Phi) is 7.14. The van der Waals surface area contributed by atoms with Crippen LogP contribution < -0.4 is 10.5 Å². The number of benzene rings is 2. The van der Waals surface area contributed by atoms with Crippen LogP contribution in [0.1, 0.15) is 56.1 Å². The average molecular weight is 636 g/mol. The Balaban J connectivity index is 1.19. The second-order valence-electron chi connectivity index (χ2n) is 14.0. The first-order valence-electron chi connectivity index (χ1n) is 15.8. The molecule has 0 unspecified atom stereocenters. The first kappa shape index (κ1) is 31.2. The maximum Gasteiger partial charge on any atom is 0.193 e. The Morgan fingerprint density at radius 2 is 1.83 bits per heavy atom. The van der Waals surface area contributed by atoms with Crippen molar-refractivity contribution >= 4 is 17.3 Å². The minimum absolute atomic E-state index is 0.0345. The lowest BCUT2D eigenvalue weighted by molar-refractivity contribution is -0.235. The van der Waals surface area contributed by atoms with Crippen LogP contribution in [0.3, 0.4) is 0 Å². The minimum Gasteiger partial charge on any atom is -0.495 e. The second-order valence-corrected chi connectivity index (χ2v) is 14.0. The smallest absolute Gasteiger partial charge is 0.193 e. The lowest BCUT2D eigenvalue weighted by Crippen LogP contribution is -2.70. The Morgan fingerprint density at radius 1 is 1.11 bits per heavy atom. The fraction of sp³-hybridized carbons (Fsp3) is 0.500. The number of hydrogen-bond donors (Lipinski definition) is 3. The molecule has 5 aliphatic rings. The molecule has 4 aliphatic carbocycles. The number of fused-ring (bicyclic) bond motifs is 7. The molecule has 0 radical (unpaired) electrons. The number of aliphatic hydroxyl groups is 2. The van der Waals surface area contributed by atoms with Gasteiger partial charge in [0, 0.05) is 22.3 Å². The van der Waals surface area contributed by atoms with Crippen LogP contribution in [-0.4, -0.2) is 65.1 Å². The third-order valence-corrected chi connectivity index (χ3v) is 11.9. The fourth-order valence-corrected chi connectivity index (χ4v) is 9.61. The molecule has 46 heavy (non-hydrogen) atoms. The van der Waals surface area contributed by atoms with Crippen LogP contribution in [0.5, 0.6) is 5.75 Å². The highest BCUT2D eigenvalue weighted by molar-refractivity contribution is 6.01. The van der Waals surface area contributed by atoms with E-state index in [-0.39, 0.29) is 24.8 Å². The molecule has 4 fully saturated rings. The van der Waals surface area contributed by atoms with E-state index in [4.69, 9.17) is 19.9 Å². The van der Waals surface area contributed by atoms with Crippen LogP contribution in [0.2, 0.25) is 0 Å². The normalized spacial score (nSPS) is 40.8. The molecule has 1 aliphatic heterocycles. The quantitative estimate of drug-likeness (QED) is 0.396.